The summed E-state index contributed by atoms with van der Waals surface area (Å²) < 4.78 is 4.84. The van der Waals surface area contributed by atoms with Gasteiger partial charge in [0.05, 0.1) is 11.5 Å². The van der Waals surface area contributed by atoms with Crippen LogP contribution in [0, 0.1) is 10.1 Å². The van der Waals surface area contributed by atoms with Gasteiger partial charge in [0.2, 0.25) is 0 Å². The second-order valence-electron chi connectivity index (χ2n) is 4.54. The van der Waals surface area contributed by atoms with E-state index in [1.807, 2.05) is 24.3 Å². The van der Waals surface area contributed by atoms with E-state index in [2.05, 4.69) is 5.32 Å². The molecule has 23 heavy (non-hydrogen) atoms. The van der Waals surface area contributed by atoms with Gasteiger partial charge < -0.3 is 10.1 Å². The van der Waals surface area contributed by atoms with Crippen molar-refractivity contribution < 1.29 is 14.5 Å². The minimum Gasteiger partial charge on any atom is -0.465 e. The van der Waals surface area contributed by atoms with Crippen LogP contribution in [-0.2, 0) is 9.53 Å². The van der Waals surface area contributed by atoms with E-state index in [9.17, 15) is 14.9 Å². The lowest BCUT2D eigenvalue weighted by Gasteiger charge is -2.07. The van der Waals surface area contributed by atoms with Crippen LogP contribution in [0.4, 0.5) is 11.4 Å². The summed E-state index contributed by atoms with van der Waals surface area (Å²) in [7, 11) is 0. The number of hydrogen-bond donors (Lipinski definition) is 1. The van der Waals surface area contributed by atoms with Crippen LogP contribution in [0.15, 0.2) is 58.3 Å². The lowest BCUT2D eigenvalue weighted by Crippen LogP contribution is -2.16. The van der Waals surface area contributed by atoms with Gasteiger partial charge >= 0.3 is 5.97 Å². The third-order valence-corrected chi connectivity index (χ3v) is 3.90. The highest BCUT2D eigenvalue weighted by atomic mass is 32.2. The minimum absolute atomic E-state index is 0.0767. The van der Waals surface area contributed by atoms with Gasteiger partial charge in [0.25, 0.3) is 5.69 Å². The number of nitrogens with zero attached hydrogens (tertiary/aromatic N) is 1. The monoisotopic (exact) mass is 332 g/mol. The van der Waals surface area contributed by atoms with Crippen LogP contribution in [0.25, 0.3) is 0 Å². The van der Waals surface area contributed by atoms with E-state index in [-0.39, 0.29) is 18.2 Å². The highest BCUT2D eigenvalue weighted by Crippen LogP contribution is 2.29. The first-order chi connectivity index (χ1) is 11.1. The number of non-ortho nitro benzene ring substituents is 1. The molecule has 0 aliphatic carbocycles. The standard InChI is InChI=1S/C16H16N2O4S/c1-2-22-16(19)11-17-12-3-7-14(8-4-12)23-15-9-5-13(6-10-15)18(20)21/h3-10,17H,2,11H2,1H3. The van der Waals surface area contributed by atoms with E-state index in [0.717, 1.165) is 15.5 Å². The van der Waals surface area contributed by atoms with Crippen molar-refractivity contribution in [1.82, 2.24) is 0 Å². The van der Waals surface area contributed by atoms with E-state index in [0.29, 0.717) is 6.61 Å². The second-order valence-corrected chi connectivity index (χ2v) is 5.68. The molecule has 0 amide bonds. The molecule has 2 aromatic carbocycles. The van der Waals surface area contributed by atoms with Crippen molar-refractivity contribution in [2.75, 3.05) is 18.5 Å². The summed E-state index contributed by atoms with van der Waals surface area (Å²) in [5, 5.41) is 13.6. The molecule has 0 atom stereocenters. The van der Waals surface area contributed by atoms with Crippen LogP contribution < -0.4 is 5.32 Å². The molecule has 2 aromatic rings. The number of benzene rings is 2. The number of rotatable bonds is 7. The molecular formula is C16H16N2O4S. The zero-order chi connectivity index (χ0) is 16.7. The quantitative estimate of drug-likeness (QED) is 0.473. The van der Waals surface area contributed by atoms with Crippen LogP contribution in [0.2, 0.25) is 0 Å². The Morgan fingerprint density at radius 1 is 1.13 bits per heavy atom. The molecule has 0 aliphatic heterocycles. The zero-order valence-electron chi connectivity index (χ0n) is 12.5. The van der Waals surface area contributed by atoms with Crippen molar-refractivity contribution in [2.24, 2.45) is 0 Å². The minimum atomic E-state index is -0.418. The van der Waals surface area contributed by atoms with Gasteiger partial charge in [-0.05, 0) is 43.3 Å². The predicted octanol–water partition coefficient (Wildman–Crippen LogP) is 3.72. The summed E-state index contributed by atoms with van der Waals surface area (Å²) in [6.07, 6.45) is 0. The first-order valence-corrected chi connectivity index (χ1v) is 7.82. The largest absolute Gasteiger partial charge is 0.465 e. The van der Waals surface area contributed by atoms with Crippen LogP contribution in [0.5, 0.6) is 0 Å². The third-order valence-electron chi connectivity index (χ3n) is 2.88. The first-order valence-electron chi connectivity index (χ1n) is 7.00. The molecule has 1 N–H and O–H groups in total. The van der Waals surface area contributed by atoms with Crippen molar-refractivity contribution >= 4 is 29.1 Å². The van der Waals surface area contributed by atoms with Crippen LogP contribution in [0.1, 0.15) is 6.92 Å². The number of carbonyl (C=O) groups excluding carboxylic acids is 1. The molecule has 0 saturated carbocycles. The van der Waals surface area contributed by atoms with E-state index in [1.54, 1.807) is 19.1 Å². The topological polar surface area (TPSA) is 81.5 Å². The molecule has 0 unspecified atom stereocenters. The smallest absolute Gasteiger partial charge is 0.325 e. The first kappa shape index (κ1) is 16.8. The molecule has 0 bridgehead atoms. The number of nitro groups is 1. The fourth-order valence-electron chi connectivity index (χ4n) is 1.80. The molecule has 0 aliphatic rings. The Balaban J connectivity index is 1.91. The second kappa shape index (κ2) is 8.19. The van der Waals surface area contributed by atoms with Crippen LogP contribution in [-0.4, -0.2) is 24.0 Å². The van der Waals surface area contributed by atoms with E-state index in [1.165, 1.54) is 23.9 Å². The summed E-state index contributed by atoms with van der Waals surface area (Å²) in [4.78, 5) is 23.4. The number of hydrogen-bond acceptors (Lipinski definition) is 6. The molecule has 6 nitrogen and oxygen atoms in total. The molecule has 0 radical (unpaired) electrons. The van der Waals surface area contributed by atoms with Gasteiger partial charge in [-0.25, -0.2) is 0 Å². The maximum absolute atomic E-state index is 11.3. The van der Waals surface area contributed by atoms with Gasteiger partial charge in [0.15, 0.2) is 0 Å². The van der Waals surface area contributed by atoms with Gasteiger partial charge in [-0.1, -0.05) is 11.8 Å². The SMILES string of the molecule is CCOC(=O)CNc1ccc(Sc2ccc([N+](=O)[O-])cc2)cc1. The normalized spacial score (nSPS) is 10.1. The van der Waals surface area contributed by atoms with Crippen molar-refractivity contribution in [3.63, 3.8) is 0 Å². The van der Waals surface area contributed by atoms with Crippen molar-refractivity contribution in [1.29, 1.82) is 0 Å². The maximum atomic E-state index is 11.3. The lowest BCUT2D eigenvalue weighted by molar-refractivity contribution is -0.384. The third kappa shape index (κ3) is 5.30. The van der Waals surface area contributed by atoms with Crippen LogP contribution in [0.3, 0.4) is 0 Å². The molecular weight excluding hydrogens is 316 g/mol. The lowest BCUT2D eigenvalue weighted by atomic mass is 10.3. The Hall–Kier alpha value is -2.54. The number of nitrogens with one attached hydrogen (secondary N) is 1. The van der Waals surface area contributed by atoms with Crippen molar-refractivity contribution in [3.8, 4) is 0 Å². The maximum Gasteiger partial charge on any atom is 0.325 e. The van der Waals surface area contributed by atoms with E-state index < -0.39 is 4.92 Å². The molecule has 0 spiro atoms. The van der Waals surface area contributed by atoms with Gasteiger partial charge in [-0.3, -0.25) is 14.9 Å². The van der Waals surface area contributed by atoms with Gasteiger partial charge in [-0.2, -0.15) is 0 Å². The summed E-state index contributed by atoms with van der Waals surface area (Å²) in [6, 6.07) is 14.0. The molecule has 0 fully saturated rings. The van der Waals surface area contributed by atoms with Gasteiger partial charge in [0, 0.05) is 27.6 Å². The Kier molecular flexibility index (Phi) is 5.99. The van der Waals surface area contributed by atoms with Crippen molar-refractivity contribution in [3.05, 3.63) is 58.6 Å². The summed E-state index contributed by atoms with van der Waals surface area (Å²) in [6.45, 7) is 2.26. The summed E-state index contributed by atoms with van der Waals surface area (Å²) in [5.41, 5.74) is 0.902. The Labute approximate surface area is 138 Å². The molecule has 120 valence electrons. The van der Waals surface area contributed by atoms with Crippen molar-refractivity contribution in [2.45, 2.75) is 16.7 Å². The number of anilines is 1. The Bertz CT molecular complexity index is 671. The molecule has 0 saturated heterocycles. The van der Waals surface area contributed by atoms with E-state index >= 15 is 0 Å². The highest BCUT2D eigenvalue weighted by Gasteiger charge is 2.05. The molecule has 0 aromatic heterocycles. The average molecular weight is 332 g/mol. The number of carbonyl (C=O) groups is 1. The van der Waals surface area contributed by atoms with Crippen LogP contribution >= 0.6 is 11.8 Å². The molecule has 0 heterocycles. The summed E-state index contributed by atoms with van der Waals surface area (Å²) >= 11 is 1.51. The van der Waals surface area contributed by atoms with Gasteiger partial charge in [-0.15, -0.1) is 0 Å². The predicted molar refractivity (Wildman–Crippen MR) is 88.8 cm³/mol. The summed E-state index contributed by atoms with van der Waals surface area (Å²) in [5.74, 6) is -0.295. The Morgan fingerprint density at radius 2 is 1.70 bits per heavy atom. The molecule has 2 rings (SSSR count). The fraction of sp³-hybridized carbons (Fsp3) is 0.188. The molecule has 7 heteroatoms. The fourth-order valence-corrected chi connectivity index (χ4v) is 2.62. The number of esters is 1. The number of nitro benzene ring substituents is 1. The average Bonchev–Trinajstić information content (AvgIpc) is 2.55. The zero-order valence-corrected chi connectivity index (χ0v) is 13.3. The number of ether oxygens (including phenoxy) is 1. The highest BCUT2D eigenvalue weighted by molar-refractivity contribution is 7.99. The van der Waals surface area contributed by atoms with Gasteiger partial charge in [0.1, 0.15) is 6.54 Å². The Morgan fingerprint density at radius 3 is 2.22 bits per heavy atom. The van der Waals surface area contributed by atoms with E-state index in [4.69, 9.17) is 4.74 Å².